The lowest BCUT2D eigenvalue weighted by molar-refractivity contribution is 0.611. The van der Waals surface area contributed by atoms with Crippen LogP contribution >= 0.6 is 11.6 Å². The first-order chi connectivity index (χ1) is 15.7. The zero-order valence-electron chi connectivity index (χ0n) is 18.4. The molecule has 0 saturated heterocycles. The zero-order valence-corrected chi connectivity index (χ0v) is 20.0. The molecule has 1 aromatic heterocycles. The molecule has 3 aromatic rings. The summed E-state index contributed by atoms with van der Waals surface area (Å²) in [6.07, 6.45) is 1.25. The van der Waals surface area contributed by atoms with E-state index in [1.165, 1.54) is 16.7 Å². The number of aryl methyl sites for hydroxylation is 2. The van der Waals surface area contributed by atoms with Gasteiger partial charge in [-0.15, -0.1) is 0 Å². The number of benzene rings is 2. The van der Waals surface area contributed by atoms with Gasteiger partial charge in [0.1, 0.15) is 28.4 Å². The topological polar surface area (TPSA) is 63.1 Å². The molecule has 5 nitrogen and oxygen atoms in total. The van der Waals surface area contributed by atoms with Crippen molar-refractivity contribution < 1.29 is 13.0 Å². The van der Waals surface area contributed by atoms with E-state index in [9.17, 15) is 17.8 Å². The van der Waals surface area contributed by atoms with Crippen LogP contribution in [0.3, 0.4) is 0 Å². The van der Waals surface area contributed by atoms with Crippen LogP contribution in [0.25, 0.3) is 0 Å². The second-order valence-electron chi connectivity index (χ2n) is 8.19. The van der Waals surface area contributed by atoms with Crippen molar-refractivity contribution in [3.8, 4) is 0 Å². The average Bonchev–Trinajstić information content (AvgIpc) is 3.56. The number of rotatable bonds is 7. The van der Waals surface area contributed by atoms with Crippen LogP contribution in [0.1, 0.15) is 36.0 Å². The van der Waals surface area contributed by atoms with Gasteiger partial charge in [0.05, 0.1) is 16.6 Å². The van der Waals surface area contributed by atoms with E-state index in [1.54, 1.807) is 44.3 Å². The number of nitrogens with zero attached hydrogens (tertiary/aromatic N) is 1. The molecular formula is C24H24ClF2N3O2S. The Morgan fingerprint density at radius 1 is 1.12 bits per heavy atom. The van der Waals surface area contributed by atoms with Gasteiger partial charge in [-0.25, -0.2) is 13.0 Å². The smallest absolute Gasteiger partial charge is 0.254 e. The third-order valence-electron chi connectivity index (χ3n) is 5.87. The molecule has 0 amide bonds. The molecule has 1 aliphatic carbocycles. The second kappa shape index (κ2) is 9.27. The third kappa shape index (κ3) is 4.82. The van der Waals surface area contributed by atoms with Gasteiger partial charge >= 0.3 is 0 Å². The summed E-state index contributed by atoms with van der Waals surface area (Å²) in [5, 5.41) is 2.98. The molecule has 2 N–H and O–H groups in total. The van der Waals surface area contributed by atoms with Gasteiger partial charge in [0.2, 0.25) is 0 Å². The molecule has 3 atom stereocenters. The highest BCUT2D eigenvalue weighted by atomic mass is 35.5. The van der Waals surface area contributed by atoms with Crippen LogP contribution in [-0.4, -0.2) is 14.0 Å². The Hall–Kier alpha value is -2.71. The van der Waals surface area contributed by atoms with E-state index in [2.05, 4.69) is 10.0 Å². The van der Waals surface area contributed by atoms with E-state index in [0.717, 1.165) is 5.56 Å². The molecule has 4 rings (SSSR count). The van der Waals surface area contributed by atoms with E-state index >= 15 is 0 Å². The van der Waals surface area contributed by atoms with Crippen molar-refractivity contribution in [2.24, 2.45) is 7.05 Å². The Labute approximate surface area is 198 Å². The molecule has 1 saturated carbocycles. The van der Waals surface area contributed by atoms with E-state index in [-0.39, 0.29) is 28.2 Å². The first-order valence-corrected chi connectivity index (χ1v) is 12.2. The van der Waals surface area contributed by atoms with Gasteiger partial charge in [0.25, 0.3) is 5.56 Å². The van der Waals surface area contributed by atoms with E-state index in [4.69, 9.17) is 11.6 Å². The van der Waals surface area contributed by atoms with E-state index < -0.39 is 22.6 Å². The zero-order chi connectivity index (χ0) is 23.9. The normalized spacial score (nSPS) is 18.1. The van der Waals surface area contributed by atoms with Crippen molar-refractivity contribution >= 4 is 39.8 Å². The van der Waals surface area contributed by atoms with Gasteiger partial charge in [-0.2, -0.15) is 0 Å². The predicted molar refractivity (Wildman–Crippen MR) is 130 cm³/mol. The van der Waals surface area contributed by atoms with E-state index in [1.807, 2.05) is 6.92 Å². The van der Waals surface area contributed by atoms with Crippen LogP contribution in [0.5, 0.6) is 0 Å². The van der Waals surface area contributed by atoms with Crippen molar-refractivity contribution in [1.29, 1.82) is 0 Å². The Morgan fingerprint density at radius 3 is 2.55 bits per heavy atom. The molecule has 1 aliphatic rings. The van der Waals surface area contributed by atoms with Gasteiger partial charge in [0, 0.05) is 23.6 Å². The number of anilines is 3. The Morgan fingerprint density at radius 2 is 1.88 bits per heavy atom. The number of aromatic nitrogens is 1. The van der Waals surface area contributed by atoms with Gasteiger partial charge in [-0.3, -0.25) is 9.36 Å². The summed E-state index contributed by atoms with van der Waals surface area (Å²) in [5.41, 5.74) is 2.12. The maximum atomic E-state index is 14.6. The minimum atomic E-state index is -1.56. The van der Waals surface area contributed by atoms with Crippen LogP contribution in [0.2, 0.25) is 5.02 Å². The quantitative estimate of drug-likeness (QED) is 0.454. The van der Waals surface area contributed by atoms with Crippen molar-refractivity contribution in [2.75, 3.05) is 10.0 Å². The minimum absolute atomic E-state index is 0.195. The maximum absolute atomic E-state index is 14.6. The van der Waals surface area contributed by atoms with Gasteiger partial charge < -0.3 is 10.0 Å². The fraction of sp³-hybridized carbons (Fsp3) is 0.292. The molecule has 3 unspecified atom stereocenters. The van der Waals surface area contributed by atoms with Crippen LogP contribution in [0, 0.1) is 18.6 Å². The molecular weight excluding hydrogens is 468 g/mol. The number of hydrogen-bond donors (Lipinski definition) is 2. The highest BCUT2D eigenvalue weighted by Gasteiger charge is 2.45. The summed E-state index contributed by atoms with van der Waals surface area (Å²) in [7, 11) is 0.00616. The second-order valence-corrected chi connectivity index (χ2v) is 10.0. The standard InChI is InChI=1S/C24H24ClF2N3O2S/c1-4-14-5-8-20(19(27)10-14)28-23-21(9-13(2)24(31)30(23)3)29-33(32)22-12-17(22)16-7-6-15(25)11-18(16)26/h5-11,17,22,28-29H,4,12H2,1-3H3. The molecule has 0 bridgehead atoms. The molecule has 174 valence electrons. The van der Waals surface area contributed by atoms with Crippen molar-refractivity contribution in [1.82, 2.24) is 4.57 Å². The molecule has 9 heteroatoms. The summed E-state index contributed by atoms with van der Waals surface area (Å²) >= 11 is 5.83. The van der Waals surface area contributed by atoms with Crippen LogP contribution in [0.4, 0.5) is 26.0 Å². The highest BCUT2D eigenvalue weighted by Crippen LogP contribution is 2.46. The first kappa shape index (κ1) is 23.4. The number of pyridine rings is 1. The first-order valence-electron chi connectivity index (χ1n) is 10.6. The van der Waals surface area contributed by atoms with Crippen molar-refractivity contribution in [2.45, 2.75) is 37.9 Å². The Balaban J connectivity index is 1.60. The molecule has 0 radical (unpaired) electrons. The fourth-order valence-corrected chi connectivity index (χ4v) is 5.36. The SMILES string of the molecule is CCc1ccc(Nc2c(NS(=O)C3CC3c3ccc(Cl)cc3F)cc(C)c(=O)n2C)c(F)c1. The summed E-state index contributed by atoms with van der Waals surface area (Å²) < 4.78 is 46.2. The predicted octanol–water partition coefficient (Wildman–Crippen LogP) is 5.56. The third-order valence-corrected chi connectivity index (χ3v) is 7.59. The van der Waals surface area contributed by atoms with Crippen molar-refractivity contribution in [3.63, 3.8) is 0 Å². The minimum Gasteiger partial charge on any atom is -0.337 e. The lowest BCUT2D eigenvalue weighted by Gasteiger charge is -2.18. The Bertz CT molecular complexity index is 1310. The number of halogens is 3. The summed E-state index contributed by atoms with van der Waals surface area (Å²) in [4.78, 5) is 12.5. The van der Waals surface area contributed by atoms with Crippen LogP contribution < -0.4 is 15.6 Å². The molecule has 2 aromatic carbocycles. The van der Waals surface area contributed by atoms with Gasteiger partial charge in [-0.1, -0.05) is 30.7 Å². The molecule has 0 spiro atoms. The lowest BCUT2D eigenvalue weighted by atomic mass is 10.1. The molecule has 1 heterocycles. The van der Waals surface area contributed by atoms with E-state index in [0.29, 0.717) is 34.7 Å². The summed E-state index contributed by atoms with van der Waals surface area (Å²) in [6, 6.07) is 10.9. The number of hydrogen-bond acceptors (Lipinski definition) is 3. The fourth-order valence-electron chi connectivity index (χ4n) is 3.85. The summed E-state index contributed by atoms with van der Waals surface area (Å²) in [5.74, 6) is -0.773. The molecule has 33 heavy (non-hydrogen) atoms. The van der Waals surface area contributed by atoms with Crippen molar-refractivity contribution in [3.05, 3.63) is 86.2 Å². The number of nitrogens with one attached hydrogen (secondary N) is 2. The average molecular weight is 492 g/mol. The summed E-state index contributed by atoms with van der Waals surface area (Å²) in [6.45, 7) is 3.59. The highest BCUT2D eigenvalue weighted by molar-refractivity contribution is 7.87. The lowest BCUT2D eigenvalue weighted by Crippen LogP contribution is -2.24. The Kier molecular flexibility index (Phi) is 6.59. The molecule has 0 aliphatic heterocycles. The van der Waals surface area contributed by atoms with Crippen LogP contribution in [0.15, 0.2) is 47.3 Å². The van der Waals surface area contributed by atoms with Gasteiger partial charge in [-0.05, 0) is 61.2 Å². The largest absolute Gasteiger partial charge is 0.337 e. The maximum Gasteiger partial charge on any atom is 0.254 e. The monoisotopic (exact) mass is 491 g/mol. The van der Waals surface area contributed by atoms with Gasteiger partial charge in [0.15, 0.2) is 0 Å². The van der Waals surface area contributed by atoms with Crippen LogP contribution in [-0.2, 0) is 24.5 Å². The molecule has 1 fully saturated rings.